The average Bonchev–Trinajstić information content (AvgIpc) is 2.94. The largest absolute Gasteiger partial charge is 0.490 e. The summed E-state index contributed by atoms with van der Waals surface area (Å²) in [5, 5.41) is 3.31. The predicted octanol–water partition coefficient (Wildman–Crippen LogP) is 2.20. The summed E-state index contributed by atoms with van der Waals surface area (Å²) in [5.41, 5.74) is 3.83. The Kier molecular flexibility index (Phi) is 2.17. The van der Waals surface area contributed by atoms with Gasteiger partial charge in [-0.2, -0.15) is 0 Å². The molecule has 0 amide bonds. The Labute approximate surface area is 109 Å². The highest BCUT2D eigenvalue weighted by Crippen LogP contribution is 2.31. The highest BCUT2D eigenvalue weighted by Gasteiger charge is 2.11. The van der Waals surface area contributed by atoms with Crippen LogP contribution in [0.5, 0.6) is 5.75 Å². The molecule has 1 aliphatic rings. The Morgan fingerprint density at radius 1 is 1.26 bits per heavy atom. The van der Waals surface area contributed by atoms with E-state index in [0.29, 0.717) is 6.61 Å². The number of aromatic nitrogens is 3. The van der Waals surface area contributed by atoms with Crippen molar-refractivity contribution in [2.24, 2.45) is 0 Å². The molecule has 1 aliphatic heterocycles. The monoisotopic (exact) mass is 252 g/mol. The number of nitrogens with zero attached hydrogens (tertiary/aromatic N) is 3. The van der Waals surface area contributed by atoms with Crippen molar-refractivity contribution in [3.63, 3.8) is 0 Å². The summed E-state index contributed by atoms with van der Waals surface area (Å²) < 4.78 is 7.61. The summed E-state index contributed by atoms with van der Waals surface area (Å²) in [4.78, 5) is 8.63. The summed E-state index contributed by atoms with van der Waals surface area (Å²) >= 11 is 0. The average molecular weight is 252 g/mol. The minimum Gasteiger partial charge on any atom is -0.490 e. The van der Waals surface area contributed by atoms with Gasteiger partial charge in [-0.15, -0.1) is 0 Å². The van der Waals surface area contributed by atoms with Gasteiger partial charge in [0.25, 0.3) is 0 Å². The lowest BCUT2D eigenvalue weighted by Gasteiger charge is -2.19. The van der Waals surface area contributed by atoms with E-state index >= 15 is 0 Å². The van der Waals surface area contributed by atoms with Crippen LogP contribution in [-0.4, -0.2) is 27.5 Å². The van der Waals surface area contributed by atoms with Crippen molar-refractivity contribution in [2.75, 3.05) is 18.5 Å². The van der Waals surface area contributed by atoms with Gasteiger partial charge in [-0.3, -0.25) is 4.98 Å². The van der Waals surface area contributed by atoms with E-state index in [2.05, 4.69) is 15.3 Å². The molecule has 0 saturated heterocycles. The zero-order valence-corrected chi connectivity index (χ0v) is 10.2. The fourth-order valence-electron chi connectivity index (χ4n) is 2.27. The van der Waals surface area contributed by atoms with E-state index in [9.17, 15) is 0 Å². The molecule has 5 nitrogen and oxygen atoms in total. The predicted molar refractivity (Wildman–Crippen MR) is 72.4 cm³/mol. The molecule has 3 aromatic rings. The van der Waals surface area contributed by atoms with Gasteiger partial charge in [-0.25, -0.2) is 4.98 Å². The van der Waals surface area contributed by atoms with E-state index in [1.165, 1.54) is 0 Å². The quantitative estimate of drug-likeness (QED) is 0.721. The third-order valence-electron chi connectivity index (χ3n) is 3.23. The van der Waals surface area contributed by atoms with Gasteiger partial charge in [0.2, 0.25) is 0 Å². The Morgan fingerprint density at radius 3 is 3.26 bits per heavy atom. The molecule has 0 saturated carbocycles. The van der Waals surface area contributed by atoms with E-state index in [1.807, 2.05) is 35.0 Å². The number of benzene rings is 1. The van der Waals surface area contributed by atoms with E-state index in [1.54, 1.807) is 12.4 Å². The van der Waals surface area contributed by atoms with Crippen molar-refractivity contribution < 1.29 is 4.74 Å². The maximum atomic E-state index is 5.65. The van der Waals surface area contributed by atoms with Gasteiger partial charge in [-0.1, -0.05) is 6.07 Å². The number of ether oxygens (including phenoxy) is 1. The van der Waals surface area contributed by atoms with E-state index in [4.69, 9.17) is 4.74 Å². The van der Waals surface area contributed by atoms with Gasteiger partial charge in [-0.05, 0) is 12.1 Å². The first-order valence-corrected chi connectivity index (χ1v) is 6.20. The van der Waals surface area contributed by atoms with Crippen molar-refractivity contribution in [3.05, 3.63) is 43.0 Å². The lowest BCUT2D eigenvalue weighted by molar-refractivity contribution is 0.323. The fraction of sp³-hybridized carbons (Fsp3) is 0.143. The molecule has 0 fully saturated rings. The van der Waals surface area contributed by atoms with Gasteiger partial charge < -0.3 is 14.5 Å². The summed E-state index contributed by atoms with van der Waals surface area (Å²) in [5.74, 6) is 0.885. The minimum atomic E-state index is 0.699. The summed E-state index contributed by atoms with van der Waals surface area (Å²) in [6, 6.07) is 6.10. The van der Waals surface area contributed by atoms with Gasteiger partial charge in [0, 0.05) is 30.7 Å². The zero-order valence-electron chi connectivity index (χ0n) is 10.2. The van der Waals surface area contributed by atoms with Crippen LogP contribution in [0.3, 0.4) is 0 Å². The van der Waals surface area contributed by atoms with E-state index in [-0.39, 0.29) is 0 Å². The van der Waals surface area contributed by atoms with Crippen LogP contribution in [-0.2, 0) is 0 Å². The van der Waals surface area contributed by atoms with Crippen LogP contribution in [0.4, 0.5) is 5.69 Å². The lowest BCUT2D eigenvalue weighted by atomic mass is 10.1. The normalized spacial score (nSPS) is 13.7. The van der Waals surface area contributed by atoms with Crippen LogP contribution in [0.1, 0.15) is 0 Å². The molecule has 0 aliphatic carbocycles. The van der Waals surface area contributed by atoms with Crippen LogP contribution >= 0.6 is 0 Å². The SMILES string of the molecule is c1cn2cc(-c3ccc4c(c3)OCCN4)ncc2n1. The third-order valence-corrected chi connectivity index (χ3v) is 3.23. The van der Waals surface area contributed by atoms with Gasteiger partial charge in [0.15, 0.2) is 5.65 Å². The number of hydrogen-bond donors (Lipinski definition) is 1. The van der Waals surface area contributed by atoms with Crippen molar-refractivity contribution >= 4 is 11.3 Å². The Morgan fingerprint density at radius 2 is 2.26 bits per heavy atom. The summed E-state index contributed by atoms with van der Waals surface area (Å²) in [6.07, 6.45) is 7.42. The standard InChI is InChI=1S/C14H12N4O/c1-2-11-13(19-6-4-15-11)7-10(1)12-9-18-5-3-16-14(18)8-17-12/h1-3,5,7-9,15H,4,6H2. The molecule has 3 heterocycles. The molecular weight excluding hydrogens is 240 g/mol. The number of rotatable bonds is 1. The van der Waals surface area contributed by atoms with Gasteiger partial charge >= 0.3 is 0 Å². The van der Waals surface area contributed by atoms with Crippen LogP contribution < -0.4 is 10.1 Å². The molecule has 1 aromatic carbocycles. The van der Waals surface area contributed by atoms with Crippen LogP contribution in [0.2, 0.25) is 0 Å². The van der Waals surface area contributed by atoms with Crippen molar-refractivity contribution in [1.82, 2.24) is 14.4 Å². The maximum absolute atomic E-state index is 5.65. The Balaban J connectivity index is 1.82. The lowest BCUT2D eigenvalue weighted by Crippen LogP contribution is -2.17. The number of fused-ring (bicyclic) bond motifs is 2. The van der Waals surface area contributed by atoms with Crippen molar-refractivity contribution in [1.29, 1.82) is 0 Å². The van der Waals surface area contributed by atoms with Crippen molar-refractivity contribution in [2.45, 2.75) is 0 Å². The molecule has 4 rings (SSSR count). The maximum Gasteiger partial charge on any atom is 0.155 e. The molecule has 0 spiro atoms. The Bertz CT molecular complexity index is 750. The number of imidazole rings is 1. The number of nitrogens with one attached hydrogen (secondary N) is 1. The first-order valence-electron chi connectivity index (χ1n) is 6.20. The van der Waals surface area contributed by atoms with Crippen LogP contribution in [0, 0.1) is 0 Å². The molecule has 5 heteroatoms. The second-order valence-corrected chi connectivity index (χ2v) is 4.45. The second kappa shape index (κ2) is 3.98. The molecule has 0 radical (unpaired) electrons. The van der Waals surface area contributed by atoms with Gasteiger partial charge in [0.1, 0.15) is 12.4 Å². The smallest absolute Gasteiger partial charge is 0.155 e. The molecule has 19 heavy (non-hydrogen) atoms. The summed E-state index contributed by atoms with van der Waals surface area (Å²) in [6.45, 7) is 1.55. The highest BCUT2D eigenvalue weighted by molar-refractivity contribution is 5.69. The number of hydrogen-bond acceptors (Lipinski definition) is 4. The molecule has 2 aromatic heterocycles. The zero-order chi connectivity index (χ0) is 12.7. The minimum absolute atomic E-state index is 0.699. The fourth-order valence-corrected chi connectivity index (χ4v) is 2.27. The third kappa shape index (κ3) is 1.71. The number of anilines is 1. The first-order chi connectivity index (χ1) is 9.40. The molecule has 0 atom stereocenters. The summed E-state index contributed by atoms with van der Waals surface area (Å²) in [7, 11) is 0. The Hall–Kier alpha value is -2.56. The molecule has 1 N–H and O–H groups in total. The molecule has 0 unspecified atom stereocenters. The van der Waals surface area contributed by atoms with E-state index in [0.717, 1.165) is 34.9 Å². The van der Waals surface area contributed by atoms with Gasteiger partial charge in [0.05, 0.1) is 17.6 Å². The molecular formula is C14H12N4O. The van der Waals surface area contributed by atoms with Crippen LogP contribution in [0.15, 0.2) is 43.0 Å². The molecule has 0 bridgehead atoms. The first kappa shape index (κ1) is 10.4. The second-order valence-electron chi connectivity index (χ2n) is 4.45. The van der Waals surface area contributed by atoms with Crippen molar-refractivity contribution in [3.8, 4) is 17.0 Å². The highest BCUT2D eigenvalue weighted by atomic mass is 16.5. The molecule has 94 valence electrons. The topological polar surface area (TPSA) is 51.5 Å². The van der Waals surface area contributed by atoms with Crippen LogP contribution in [0.25, 0.3) is 16.9 Å². The van der Waals surface area contributed by atoms with E-state index < -0.39 is 0 Å².